The van der Waals surface area contributed by atoms with Crippen LogP contribution in [0.5, 0.6) is 0 Å². The fourth-order valence-electron chi connectivity index (χ4n) is 5.75. The van der Waals surface area contributed by atoms with Crippen molar-refractivity contribution in [3.8, 4) is 0 Å². The lowest BCUT2D eigenvalue weighted by Crippen LogP contribution is -2.43. The van der Waals surface area contributed by atoms with Crippen molar-refractivity contribution in [3.63, 3.8) is 0 Å². The predicted octanol–water partition coefficient (Wildman–Crippen LogP) is 9.32. The first-order valence-corrected chi connectivity index (χ1v) is 16.4. The highest BCUT2D eigenvalue weighted by atomic mass is 16.4. The normalized spacial score (nSPS) is 11.9. The molecule has 0 aliphatic rings. The van der Waals surface area contributed by atoms with Crippen LogP contribution in [0.3, 0.4) is 0 Å². The molecule has 0 aliphatic heterocycles. The molecule has 0 fully saturated rings. The van der Waals surface area contributed by atoms with Crippen molar-refractivity contribution in [2.75, 3.05) is 0 Å². The van der Waals surface area contributed by atoms with Gasteiger partial charge in [-0.2, -0.15) is 4.57 Å². The van der Waals surface area contributed by atoms with Gasteiger partial charge in [0.25, 0.3) is 6.04 Å². The second kappa shape index (κ2) is 19.6. The quantitative estimate of drug-likeness (QED) is 0.0725. The number of hydrogen-bond donors (Lipinski definition) is 1. The van der Waals surface area contributed by atoms with Crippen LogP contribution in [0.2, 0.25) is 0 Å². The van der Waals surface area contributed by atoms with Crippen LogP contribution < -0.4 is 4.57 Å². The number of carboxylic acids is 1. The third-order valence-corrected chi connectivity index (χ3v) is 8.38. The number of hydrogen-bond acceptors (Lipinski definition) is 3. The Morgan fingerprint density at radius 2 is 1.02 bits per heavy atom. The summed E-state index contributed by atoms with van der Waals surface area (Å²) in [6.45, 7) is 2.25. The van der Waals surface area contributed by atoms with Crippen molar-refractivity contribution in [2.45, 2.75) is 115 Å². The zero-order valence-electron chi connectivity index (χ0n) is 26.0. The minimum absolute atomic E-state index is 0.0152. The van der Waals surface area contributed by atoms with Crippen molar-refractivity contribution in [1.29, 1.82) is 0 Å². The Morgan fingerprint density at radius 1 is 0.605 bits per heavy atom. The van der Waals surface area contributed by atoms with E-state index in [1.54, 1.807) is 41.2 Å². The third kappa shape index (κ3) is 12.3. The molecule has 0 bridgehead atoms. The summed E-state index contributed by atoms with van der Waals surface area (Å²) in [6.07, 6.45) is 19.5. The van der Waals surface area contributed by atoms with Crippen LogP contribution in [0.1, 0.15) is 141 Å². The van der Waals surface area contributed by atoms with Gasteiger partial charge >= 0.3 is 5.97 Å². The smallest absolute Gasteiger partial charge is 0.373 e. The summed E-state index contributed by atoms with van der Waals surface area (Å²) in [5.74, 6) is -1.18. The Labute approximate surface area is 258 Å². The monoisotopic (exact) mass is 584 g/mol. The van der Waals surface area contributed by atoms with Crippen LogP contribution in [0.4, 0.5) is 0 Å². The number of nitrogens with zero attached hydrogens (tertiary/aromatic N) is 1. The topological polar surface area (TPSA) is 75.3 Å². The van der Waals surface area contributed by atoms with E-state index in [0.29, 0.717) is 17.5 Å². The number of aromatic nitrogens is 1. The van der Waals surface area contributed by atoms with E-state index in [0.717, 1.165) is 24.8 Å². The summed E-state index contributed by atoms with van der Waals surface area (Å²) in [7, 11) is 0. The van der Waals surface area contributed by atoms with E-state index in [9.17, 15) is 19.5 Å². The Kier molecular flexibility index (Phi) is 15.4. The molecule has 0 saturated heterocycles. The zero-order valence-corrected chi connectivity index (χ0v) is 26.0. The number of benzene rings is 2. The average Bonchev–Trinajstić information content (AvgIpc) is 3.03. The number of Topliss-reactive ketones (excluding diaryl/α,β-unsaturated/α-hetero) is 2. The number of carbonyl (C=O) groups excluding carboxylic acids is 2. The standard InChI is InChI=1S/C38H49NO4/c1-2-3-4-5-6-7-8-9-10-11-12-19-24-35(38(42)43)39-27-25-31(26-28-39)34(29-36(40)32-20-15-13-16-21-32)30-37(41)33-22-17-14-18-23-33/h13-18,20-23,25-28,34-35H,2-12,19,24,29-30H2,1H3/p+1/t35-/m1/s1. The van der Waals surface area contributed by atoms with Gasteiger partial charge in [-0.15, -0.1) is 0 Å². The molecule has 230 valence electrons. The van der Waals surface area contributed by atoms with Gasteiger partial charge in [-0.3, -0.25) is 9.59 Å². The molecule has 1 aromatic heterocycles. The number of ketones is 2. The van der Waals surface area contributed by atoms with Crippen molar-refractivity contribution in [1.82, 2.24) is 0 Å². The molecule has 43 heavy (non-hydrogen) atoms. The summed E-state index contributed by atoms with van der Waals surface area (Å²) >= 11 is 0. The highest BCUT2D eigenvalue weighted by molar-refractivity contribution is 5.99. The van der Waals surface area contributed by atoms with Gasteiger partial charge in [0.15, 0.2) is 24.0 Å². The second-order valence-electron chi connectivity index (χ2n) is 11.8. The molecule has 1 N–H and O–H groups in total. The van der Waals surface area contributed by atoms with Crippen molar-refractivity contribution in [2.24, 2.45) is 0 Å². The van der Waals surface area contributed by atoms with Gasteiger partial charge in [0, 0.05) is 42.5 Å². The van der Waals surface area contributed by atoms with Crippen LogP contribution in [-0.4, -0.2) is 22.6 Å². The van der Waals surface area contributed by atoms with E-state index in [2.05, 4.69) is 6.92 Å². The maximum atomic E-state index is 13.1. The van der Waals surface area contributed by atoms with Crippen molar-refractivity contribution >= 4 is 17.5 Å². The van der Waals surface area contributed by atoms with E-state index >= 15 is 0 Å². The first kappa shape index (κ1) is 33.9. The minimum Gasteiger partial charge on any atom is -0.476 e. The first-order valence-electron chi connectivity index (χ1n) is 16.4. The molecule has 0 aliphatic carbocycles. The highest BCUT2D eigenvalue weighted by Crippen LogP contribution is 2.27. The van der Waals surface area contributed by atoms with Gasteiger partial charge in [-0.25, -0.2) is 4.79 Å². The van der Waals surface area contributed by atoms with Crippen LogP contribution >= 0.6 is 0 Å². The molecule has 0 spiro atoms. The average molecular weight is 585 g/mol. The molecule has 0 saturated carbocycles. The molecular weight excluding hydrogens is 534 g/mol. The van der Waals surface area contributed by atoms with E-state index in [1.165, 1.54) is 57.8 Å². The molecule has 3 rings (SSSR count). The van der Waals surface area contributed by atoms with Gasteiger partial charge < -0.3 is 5.11 Å². The molecule has 3 aromatic rings. The zero-order chi connectivity index (χ0) is 30.7. The Balaban J connectivity index is 1.55. The van der Waals surface area contributed by atoms with E-state index < -0.39 is 12.0 Å². The van der Waals surface area contributed by atoms with Gasteiger partial charge in [0.05, 0.1) is 0 Å². The van der Waals surface area contributed by atoms with Gasteiger partial charge in [-0.1, -0.05) is 138 Å². The third-order valence-electron chi connectivity index (χ3n) is 8.38. The molecule has 1 heterocycles. The fraction of sp³-hybridized carbons (Fsp3) is 0.474. The number of carboxylic acid groups (broad SMARTS) is 1. The fourth-order valence-corrected chi connectivity index (χ4v) is 5.75. The van der Waals surface area contributed by atoms with Crippen LogP contribution in [0, 0.1) is 0 Å². The lowest BCUT2D eigenvalue weighted by molar-refractivity contribution is -0.711. The van der Waals surface area contributed by atoms with Gasteiger partial charge in [-0.05, 0) is 17.9 Å². The molecule has 0 radical (unpaired) electrons. The maximum Gasteiger partial charge on any atom is 0.373 e. The molecule has 5 nitrogen and oxygen atoms in total. The minimum atomic E-state index is -0.837. The summed E-state index contributed by atoms with van der Waals surface area (Å²) in [4.78, 5) is 38.4. The molecular formula is C38H50NO4+. The number of carbonyl (C=O) groups is 3. The van der Waals surface area contributed by atoms with Gasteiger partial charge in [0.2, 0.25) is 0 Å². The second-order valence-corrected chi connectivity index (χ2v) is 11.8. The van der Waals surface area contributed by atoms with E-state index in [4.69, 9.17) is 0 Å². The SMILES string of the molecule is CCCCCCCCCCCCCC[C@H](C(=O)O)[n+]1ccc(C(CC(=O)c2ccccc2)CC(=O)c2ccccc2)cc1. The Morgan fingerprint density at radius 3 is 1.44 bits per heavy atom. The summed E-state index contributed by atoms with van der Waals surface area (Å²) < 4.78 is 1.75. The van der Waals surface area contributed by atoms with Crippen LogP contribution in [0.25, 0.3) is 0 Å². The van der Waals surface area contributed by atoms with Crippen molar-refractivity contribution in [3.05, 3.63) is 102 Å². The van der Waals surface area contributed by atoms with Crippen molar-refractivity contribution < 1.29 is 24.1 Å². The first-order chi connectivity index (χ1) is 21.0. The summed E-state index contributed by atoms with van der Waals surface area (Å²) in [6, 6.07) is 21.4. The molecule has 1 atom stereocenters. The Bertz CT molecular complexity index is 1170. The number of unbranched alkanes of at least 4 members (excludes halogenated alkanes) is 11. The largest absolute Gasteiger partial charge is 0.476 e. The van der Waals surface area contributed by atoms with E-state index in [1.807, 2.05) is 48.5 Å². The summed E-state index contributed by atoms with van der Waals surface area (Å²) in [5, 5.41) is 9.96. The summed E-state index contributed by atoms with van der Waals surface area (Å²) in [5.41, 5.74) is 2.11. The van der Waals surface area contributed by atoms with E-state index in [-0.39, 0.29) is 30.3 Å². The molecule has 0 amide bonds. The van der Waals surface area contributed by atoms with Crippen LogP contribution in [0.15, 0.2) is 85.2 Å². The number of rotatable bonds is 22. The molecule has 5 heteroatoms. The number of pyridine rings is 1. The number of aliphatic carboxylic acids is 1. The lowest BCUT2D eigenvalue weighted by atomic mass is 9.86. The molecule has 2 aromatic carbocycles. The highest BCUT2D eigenvalue weighted by Gasteiger charge is 2.28. The Hall–Kier alpha value is -3.60. The lowest BCUT2D eigenvalue weighted by Gasteiger charge is -2.17. The maximum absolute atomic E-state index is 13.1. The molecule has 0 unspecified atom stereocenters. The van der Waals surface area contributed by atoms with Crippen LogP contribution in [-0.2, 0) is 4.79 Å². The predicted molar refractivity (Wildman–Crippen MR) is 173 cm³/mol. The van der Waals surface area contributed by atoms with Gasteiger partial charge in [0.1, 0.15) is 0 Å².